The van der Waals surface area contributed by atoms with Crippen LogP contribution in [-0.4, -0.2) is 48.1 Å². The van der Waals surface area contributed by atoms with Crippen molar-refractivity contribution < 1.29 is 23.8 Å². The van der Waals surface area contributed by atoms with Crippen molar-refractivity contribution in [2.24, 2.45) is 4.99 Å². The number of esters is 1. The number of guanidine groups is 1. The van der Waals surface area contributed by atoms with Crippen molar-refractivity contribution in [3.05, 3.63) is 76.2 Å². The second-order valence-corrected chi connectivity index (χ2v) is 7.08. The second kappa shape index (κ2) is 10.3. The van der Waals surface area contributed by atoms with E-state index >= 15 is 0 Å². The summed E-state index contributed by atoms with van der Waals surface area (Å²) in [6.45, 7) is 0.876. The number of aromatic amines is 1. The minimum atomic E-state index is -0.556. The third kappa shape index (κ3) is 5.76. The fraction of sp³-hybridized carbons (Fsp3) is 0.174. The van der Waals surface area contributed by atoms with Crippen LogP contribution in [0.3, 0.4) is 0 Å². The third-order valence-electron chi connectivity index (χ3n) is 4.63. The number of anilines is 1. The predicted molar refractivity (Wildman–Crippen MR) is 123 cm³/mol. The van der Waals surface area contributed by atoms with E-state index in [-0.39, 0.29) is 24.0 Å². The molecule has 0 saturated carbocycles. The molecule has 2 aromatic carbocycles. The lowest BCUT2D eigenvalue weighted by molar-refractivity contribution is -0.139. The number of ether oxygens (including phenoxy) is 3. The third-order valence-corrected chi connectivity index (χ3v) is 4.63. The summed E-state index contributed by atoms with van der Waals surface area (Å²) in [7, 11) is 1.24. The molecule has 1 amide bonds. The average Bonchev–Trinajstić information content (AvgIpc) is 2.84. The number of rotatable bonds is 5. The number of benzene rings is 2. The van der Waals surface area contributed by atoms with Crippen LogP contribution in [0, 0.1) is 0 Å². The van der Waals surface area contributed by atoms with E-state index in [0.717, 1.165) is 0 Å². The molecule has 11 heteroatoms. The summed E-state index contributed by atoms with van der Waals surface area (Å²) in [6.07, 6.45) is -0.204. The van der Waals surface area contributed by atoms with E-state index in [4.69, 9.17) is 9.47 Å². The van der Waals surface area contributed by atoms with Gasteiger partial charge in [0.2, 0.25) is 11.9 Å². The van der Waals surface area contributed by atoms with Crippen LogP contribution in [0.5, 0.6) is 11.5 Å². The maximum atomic E-state index is 12.8. The molecule has 0 fully saturated rings. The van der Waals surface area contributed by atoms with Crippen LogP contribution in [0.4, 0.5) is 11.6 Å². The molecule has 34 heavy (non-hydrogen) atoms. The maximum absolute atomic E-state index is 12.8. The van der Waals surface area contributed by atoms with Crippen LogP contribution >= 0.6 is 0 Å². The Hall–Kier alpha value is -4.67. The molecule has 1 aromatic heterocycles. The van der Waals surface area contributed by atoms with Crippen molar-refractivity contribution in [2.45, 2.75) is 6.42 Å². The van der Waals surface area contributed by atoms with Gasteiger partial charge in [-0.2, -0.15) is 4.99 Å². The minimum absolute atomic E-state index is 0.0103. The minimum Gasteiger partial charge on any atom is -0.486 e. The zero-order valence-corrected chi connectivity index (χ0v) is 18.2. The van der Waals surface area contributed by atoms with Crippen molar-refractivity contribution in [3.63, 3.8) is 0 Å². The number of aliphatic imine (C=N–C) groups is 1. The van der Waals surface area contributed by atoms with Gasteiger partial charge in [-0.3, -0.25) is 24.7 Å². The molecule has 1 aliphatic rings. The number of hydrogen-bond acceptors (Lipinski definition) is 8. The fourth-order valence-corrected chi connectivity index (χ4v) is 3.08. The highest BCUT2D eigenvalue weighted by atomic mass is 16.6. The Morgan fingerprint density at radius 1 is 1.09 bits per heavy atom. The van der Waals surface area contributed by atoms with E-state index in [1.807, 2.05) is 0 Å². The summed E-state index contributed by atoms with van der Waals surface area (Å²) in [4.78, 5) is 47.3. The number of aromatic nitrogens is 2. The summed E-state index contributed by atoms with van der Waals surface area (Å²) in [5.74, 6) is 0.0305. The molecule has 0 aliphatic carbocycles. The summed E-state index contributed by atoms with van der Waals surface area (Å²) in [5.41, 5.74) is 0.604. The van der Waals surface area contributed by atoms with E-state index in [0.29, 0.717) is 36.0 Å². The van der Waals surface area contributed by atoms with Gasteiger partial charge in [-0.25, -0.2) is 4.98 Å². The van der Waals surface area contributed by atoms with Crippen molar-refractivity contribution in [1.82, 2.24) is 15.3 Å². The molecule has 0 radical (unpaired) electrons. The molecular formula is C23H21N5O6. The molecule has 2 heterocycles. The number of H-pyrrole nitrogens is 1. The lowest BCUT2D eigenvalue weighted by Gasteiger charge is -2.19. The molecular weight excluding hydrogens is 442 g/mol. The Morgan fingerprint density at radius 2 is 1.85 bits per heavy atom. The number of amides is 1. The summed E-state index contributed by atoms with van der Waals surface area (Å²) >= 11 is 0. The molecule has 0 saturated heterocycles. The van der Waals surface area contributed by atoms with Crippen LogP contribution in [0.15, 0.2) is 64.4 Å². The molecule has 3 aromatic rings. The summed E-state index contributed by atoms with van der Waals surface area (Å²) < 4.78 is 15.7. The van der Waals surface area contributed by atoms with Gasteiger partial charge < -0.3 is 19.5 Å². The average molecular weight is 463 g/mol. The zero-order chi connectivity index (χ0) is 23.9. The van der Waals surface area contributed by atoms with E-state index in [1.54, 1.807) is 48.5 Å². The van der Waals surface area contributed by atoms with Gasteiger partial charge in [0, 0.05) is 23.4 Å². The number of nitrogens with zero attached hydrogens (tertiary/aromatic N) is 2. The molecule has 0 atom stereocenters. The Labute approximate surface area is 193 Å². The smallest absolute Gasteiger partial charge is 0.311 e. The highest BCUT2D eigenvalue weighted by Crippen LogP contribution is 2.32. The molecule has 4 rings (SSSR count). The van der Waals surface area contributed by atoms with E-state index < -0.39 is 17.4 Å². The zero-order valence-electron chi connectivity index (χ0n) is 18.2. The van der Waals surface area contributed by atoms with Crippen LogP contribution in [0.25, 0.3) is 0 Å². The standard InChI is InChI=1S/C23H21N5O6/c1-32-20(30)13-16-12-19(29)26-22(25-16)28-23(27-21(31)14-5-3-2-4-6-14)24-15-7-8-17-18(11-15)34-10-9-33-17/h2-8,11-12H,9-10,13H2,1H3,(H3,24,25,26,27,28,29,31). The molecule has 0 bridgehead atoms. The molecule has 11 nitrogen and oxygen atoms in total. The van der Waals surface area contributed by atoms with Crippen molar-refractivity contribution in [3.8, 4) is 11.5 Å². The Balaban J connectivity index is 1.66. The molecule has 1 aliphatic heterocycles. The predicted octanol–water partition coefficient (Wildman–Crippen LogP) is 1.79. The highest BCUT2D eigenvalue weighted by Gasteiger charge is 2.15. The van der Waals surface area contributed by atoms with Gasteiger partial charge in [-0.15, -0.1) is 0 Å². The number of methoxy groups -OCH3 is 1. The lowest BCUT2D eigenvalue weighted by Crippen LogP contribution is -2.36. The van der Waals surface area contributed by atoms with Gasteiger partial charge in [0.25, 0.3) is 11.5 Å². The topological polar surface area (TPSA) is 144 Å². The largest absolute Gasteiger partial charge is 0.486 e. The first kappa shape index (κ1) is 22.5. The number of hydrogen-bond donors (Lipinski definition) is 3. The first-order valence-electron chi connectivity index (χ1n) is 10.3. The maximum Gasteiger partial charge on any atom is 0.311 e. The fourth-order valence-electron chi connectivity index (χ4n) is 3.08. The number of carbonyl (C=O) groups excluding carboxylic acids is 2. The van der Waals surface area contributed by atoms with Gasteiger partial charge in [-0.1, -0.05) is 18.2 Å². The first-order valence-corrected chi connectivity index (χ1v) is 10.3. The van der Waals surface area contributed by atoms with Crippen molar-refractivity contribution >= 4 is 29.5 Å². The SMILES string of the molecule is COC(=O)Cc1cc(=O)[nH]c(N=C(NC(=O)c2ccccc2)Nc2ccc3c(c2)OCCO3)n1. The van der Waals surface area contributed by atoms with Gasteiger partial charge in [0.05, 0.1) is 19.2 Å². The Morgan fingerprint density at radius 3 is 2.62 bits per heavy atom. The quantitative estimate of drug-likeness (QED) is 0.295. The van der Waals surface area contributed by atoms with Crippen LogP contribution < -0.4 is 25.7 Å². The van der Waals surface area contributed by atoms with E-state index in [1.165, 1.54) is 13.2 Å². The number of nitrogens with one attached hydrogen (secondary N) is 3. The van der Waals surface area contributed by atoms with Gasteiger partial charge >= 0.3 is 5.97 Å². The van der Waals surface area contributed by atoms with Crippen LogP contribution in [0.2, 0.25) is 0 Å². The first-order chi connectivity index (χ1) is 16.5. The summed E-state index contributed by atoms with van der Waals surface area (Å²) in [6, 6.07) is 14.9. The Bertz CT molecular complexity index is 1290. The number of carbonyl (C=O) groups is 2. The van der Waals surface area contributed by atoms with Crippen molar-refractivity contribution in [2.75, 3.05) is 25.6 Å². The number of fused-ring (bicyclic) bond motifs is 1. The van der Waals surface area contributed by atoms with Gasteiger partial charge in [0.15, 0.2) is 11.5 Å². The molecule has 0 unspecified atom stereocenters. The molecule has 3 N–H and O–H groups in total. The lowest BCUT2D eigenvalue weighted by atomic mass is 10.2. The van der Waals surface area contributed by atoms with Crippen LogP contribution in [0.1, 0.15) is 16.1 Å². The Kier molecular flexibility index (Phi) is 6.82. The van der Waals surface area contributed by atoms with E-state index in [2.05, 4.69) is 30.3 Å². The van der Waals surface area contributed by atoms with E-state index in [9.17, 15) is 14.4 Å². The van der Waals surface area contributed by atoms with Crippen molar-refractivity contribution in [1.29, 1.82) is 0 Å². The summed E-state index contributed by atoms with van der Waals surface area (Å²) in [5, 5.41) is 5.67. The highest BCUT2D eigenvalue weighted by molar-refractivity contribution is 6.10. The monoisotopic (exact) mass is 463 g/mol. The normalized spacial score (nSPS) is 12.6. The van der Waals surface area contributed by atoms with Gasteiger partial charge in [-0.05, 0) is 24.3 Å². The molecule has 0 spiro atoms. The molecule has 174 valence electrons. The van der Waals surface area contributed by atoms with Gasteiger partial charge in [0.1, 0.15) is 13.2 Å². The van der Waals surface area contributed by atoms with Crippen LogP contribution in [-0.2, 0) is 16.0 Å². The second-order valence-electron chi connectivity index (χ2n) is 7.08.